The highest BCUT2D eigenvalue weighted by Gasteiger charge is 2.36. The Hall–Kier alpha value is -1.01. The summed E-state index contributed by atoms with van der Waals surface area (Å²) in [5.74, 6) is 4.71. The first-order valence-electron chi connectivity index (χ1n) is 3.54. The van der Waals surface area contributed by atoms with Crippen LogP contribution in [0.1, 0.15) is 5.56 Å². The lowest BCUT2D eigenvalue weighted by Gasteiger charge is -2.11. The van der Waals surface area contributed by atoms with Gasteiger partial charge in [0.1, 0.15) is 5.69 Å². The minimum atomic E-state index is -4.64. The fourth-order valence-corrected chi connectivity index (χ4v) is 1.56. The summed E-state index contributed by atoms with van der Waals surface area (Å²) < 4.78 is 37.4. The third kappa shape index (κ3) is 2.51. The normalized spacial score (nSPS) is 12.3. The SMILES string of the molecule is NN=Nc1ccc(Cl)c(C(F)(F)F)c1Cl. The van der Waals surface area contributed by atoms with Crippen molar-refractivity contribution >= 4 is 28.9 Å². The van der Waals surface area contributed by atoms with Crippen molar-refractivity contribution in [3.8, 4) is 0 Å². The molecule has 0 amide bonds. The zero-order chi connectivity index (χ0) is 11.6. The molecule has 0 bridgehead atoms. The molecule has 0 aliphatic heterocycles. The molecular weight excluding hydrogens is 254 g/mol. The molecule has 3 nitrogen and oxygen atoms in total. The van der Waals surface area contributed by atoms with E-state index in [4.69, 9.17) is 29.0 Å². The first-order chi connectivity index (χ1) is 6.88. The van der Waals surface area contributed by atoms with Crippen LogP contribution in [0.2, 0.25) is 10.0 Å². The summed E-state index contributed by atoms with van der Waals surface area (Å²) in [6.45, 7) is 0. The summed E-state index contributed by atoms with van der Waals surface area (Å²) in [6.07, 6.45) is -4.64. The molecule has 0 radical (unpaired) electrons. The van der Waals surface area contributed by atoms with Gasteiger partial charge in [0.15, 0.2) is 0 Å². The Labute approximate surface area is 92.7 Å². The summed E-state index contributed by atoms with van der Waals surface area (Å²) in [7, 11) is 0. The number of alkyl halides is 3. The van der Waals surface area contributed by atoms with E-state index in [0.29, 0.717) is 0 Å². The quantitative estimate of drug-likeness (QED) is 0.462. The maximum Gasteiger partial charge on any atom is 0.419 e. The molecule has 0 heterocycles. The predicted molar refractivity (Wildman–Crippen MR) is 50.2 cm³/mol. The number of halogens is 5. The summed E-state index contributed by atoms with van der Waals surface area (Å²) in [4.78, 5) is 0. The summed E-state index contributed by atoms with van der Waals surface area (Å²) in [6, 6.07) is 2.22. The van der Waals surface area contributed by atoms with Gasteiger partial charge < -0.3 is 5.84 Å². The molecule has 1 aromatic rings. The first-order valence-corrected chi connectivity index (χ1v) is 4.29. The zero-order valence-corrected chi connectivity index (χ0v) is 8.53. The second-order valence-corrected chi connectivity index (χ2v) is 3.25. The molecule has 0 aromatic heterocycles. The van der Waals surface area contributed by atoms with Gasteiger partial charge in [-0.15, -0.1) is 5.11 Å². The molecule has 2 N–H and O–H groups in total. The van der Waals surface area contributed by atoms with Crippen molar-refractivity contribution < 1.29 is 13.2 Å². The number of nitrogens with two attached hydrogens (primary N) is 1. The topological polar surface area (TPSA) is 50.7 Å². The van der Waals surface area contributed by atoms with Crippen LogP contribution in [0.5, 0.6) is 0 Å². The Morgan fingerprint density at radius 2 is 1.80 bits per heavy atom. The first kappa shape index (κ1) is 12.1. The second-order valence-electron chi connectivity index (χ2n) is 2.47. The number of rotatable bonds is 1. The zero-order valence-electron chi connectivity index (χ0n) is 7.02. The maximum atomic E-state index is 12.5. The van der Waals surface area contributed by atoms with Crippen LogP contribution in [0.15, 0.2) is 22.5 Å². The number of benzene rings is 1. The fraction of sp³-hybridized carbons (Fsp3) is 0.143. The average Bonchev–Trinajstić information content (AvgIpc) is 2.08. The van der Waals surface area contributed by atoms with Crippen LogP contribution >= 0.6 is 23.2 Å². The van der Waals surface area contributed by atoms with Gasteiger partial charge in [-0.2, -0.15) is 13.2 Å². The highest BCUT2D eigenvalue weighted by atomic mass is 35.5. The number of hydrogen-bond donors (Lipinski definition) is 1. The van der Waals surface area contributed by atoms with E-state index in [1.165, 1.54) is 6.07 Å². The monoisotopic (exact) mass is 257 g/mol. The van der Waals surface area contributed by atoms with Crippen LogP contribution in [0, 0.1) is 0 Å². The molecule has 0 spiro atoms. The van der Waals surface area contributed by atoms with Crippen molar-refractivity contribution in [3.63, 3.8) is 0 Å². The van der Waals surface area contributed by atoms with Crippen LogP contribution < -0.4 is 5.84 Å². The summed E-state index contributed by atoms with van der Waals surface area (Å²) in [5, 5.41) is 4.97. The fourth-order valence-electron chi connectivity index (χ4n) is 0.941. The third-order valence-electron chi connectivity index (χ3n) is 1.52. The Bertz CT molecular complexity index is 403. The van der Waals surface area contributed by atoms with Crippen molar-refractivity contribution in [3.05, 3.63) is 27.7 Å². The van der Waals surface area contributed by atoms with Crippen LogP contribution in [0.25, 0.3) is 0 Å². The molecule has 0 aliphatic rings. The lowest BCUT2D eigenvalue weighted by molar-refractivity contribution is -0.137. The van der Waals surface area contributed by atoms with Gasteiger partial charge in [0.2, 0.25) is 0 Å². The van der Waals surface area contributed by atoms with Crippen molar-refractivity contribution in [2.24, 2.45) is 16.2 Å². The average molecular weight is 258 g/mol. The van der Waals surface area contributed by atoms with Gasteiger partial charge in [-0.05, 0) is 12.1 Å². The number of hydrogen-bond acceptors (Lipinski definition) is 2. The van der Waals surface area contributed by atoms with E-state index in [2.05, 4.69) is 10.3 Å². The van der Waals surface area contributed by atoms with E-state index in [0.717, 1.165) is 6.07 Å². The van der Waals surface area contributed by atoms with Gasteiger partial charge in [-0.25, -0.2) is 0 Å². The van der Waals surface area contributed by atoms with Gasteiger partial charge in [0.25, 0.3) is 0 Å². The molecule has 0 fully saturated rings. The van der Waals surface area contributed by atoms with Crippen molar-refractivity contribution in [1.82, 2.24) is 0 Å². The Morgan fingerprint density at radius 1 is 1.20 bits per heavy atom. The van der Waals surface area contributed by atoms with E-state index >= 15 is 0 Å². The van der Waals surface area contributed by atoms with Gasteiger partial charge in [0, 0.05) is 0 Å². The Morgan fingerprint density at radius 3 is 2.27 bits per heavy atom. The van der Waals surface area contributed by atoms with Crippen LogP contribution in [0.3, 0.4) is 0 Å². The molecule has 1 aromatic carbocycles. The van der Waals surface area contributed by atoms with Gasteiger partial charge >= 0.3 is 6.18 Å². The van der Waals surface area contributed by atoms with E-state index < -0.39 is 21.8 Å². The predicted octanol–water partition coefficient (Wildman–Crippen LogP) is 3.97. The van der Waals surface area contributed by atoms with E-state index in [1.807, 2.05) is 0 Å². The third-order valence-corrected chi connectivity index (χ3v) is 2.22. The minimum absolute atomic E-state index is 0.184. The van der Waals surface area contributed by atoms with Crippen LogP contribution in [0.4, 0.5) is 18.9 Å². The Kier molecular flexibility index (Phi) is 3.41. The minimum Gasteiger partial charge on any atom is -0.305 e. The molecule has 0 saturated heterocycles. The molecule has 1 rings (SSSR count). The van der Waals surface area contributed by atoms with Crippen molar-refractivity contribution in [2.75, 3.05) is 0 Å². The van der Waals surface area contributed by atoms with E-state index in [1.54, 1.807) is 0 Å². The molecule has 15 heavy (non-hydrogen) atoms. The Balaban J connectivity index is 3.43. The lowest BCUT2D eigenvalue weighted by Crippen LogP contribution is -2.06. The molecule has 0 saturated carbocycles. The van der Waals surface area contributed by atoms with Gasteiger partial charge in [-0.1, -0.05) is 28.4 Å². The molecule has 0 unspecified atom stereocenters. The number of nitrogens with zero attached hydrogens (tertiary/aromatic N) is 2. The van der Waals surface area contributed by atoms with Crippen molar-refractivity contribution in [1.29, 1.82) is 0 Å². The van der Waals surface area contributed by atoms with E-state index in [9.17, 15) is 13.2 Å². The van der Waals surface area contributed by atoms with Gasteiger partial charge in [-0.3, -0.25) is 0 Å². The van der Waals surface area contributed by atoms with Crippen LogP contribution in [-0.4, -0.2) is 0 Å². The molecular formula is C7H4Cl2F3N3. The lowest BCUT2D eigenvalue weighted by atomic mass is 10.2. The molecule has 8 heteroatoms. The van der Waals surface area contributed by atoms with Crippen molar-refractivity contribution in [2.45, 2.75) is 6.18 Å². The molecule has 0 aliphatic carbocycles. The van der Waals surface area contributed by atoms with E-state index in [-0.39, 0.29) is 5.69 Å². The van der Waals surface area contributed by atoms with Gasteiger partial charge in [0.05, 0.1) is 15.6 Å². The summed E-state index contributed by atoms with van der Waals surface area (Å²) >= 11 is 10.8. The largest absolute Gasteiger partial charge is 0.419 e. The standard InChI is InChI=1S/C7H4Cl2F3N3/c8-3-1-2-4(14-15-13)6(9)5(3)7(10,11)12/h1-2H,(H2,13,14). The molecule has 82 valence electrons. The highest BCUT2D eigenvalue weighted by Crippen LogP contribution is 2.43. The smallest absolute Gasteiger partial charge is 0.305 e. The highest BCUT2D eigenvalue weighted by molar-refractivity contribution is 6.37. The maximum absolute atomic E-state index is 12.5. The molecule has 0 atom stereocenters. The summed E-state index contributed by atoms with van der Waals surface area (Å²) in [5.41, 5.74) is -1.33. The second kappa shape index (κ2) is 4.24. The van der Waals surface area contributed by atoms with Crippen LogP contribution in [-0.2, 0) is 6.18 Å².